The molecule has 3 nitrogen and oxygen atoms in total. The quantitative estimate of drug-likeness (QED) is 0.854. The summed E-state index contributed by atoms with van der Waals surface area (Å²) >= 11 is 2.99. The number of benzene rings is 1. The average Bonchev–Trinajstić information content (AvgIpc) is 2.30. The number of sulfonamides is 1. The summed E-state index contributed by atoms with van der Waals surface area (Å²) in [5.41, 5.74) is 0. The standard InChI is InChI=1S/C11H15BrFNO2S/c1-4-8(2)14(3)17(15,16)9-5-6-10(12)11(13)7-9/h5-8H,4H2,1-3H3. The van der Waals surface area contributed by atoms with Crippen LogP contribution in [0.25, 0.3) is 0 Å². The Morgan fingerprint density at radius 2 is 2.06 bits per heavy atom. The van der Waals surface area contributed by atoms with Gasteiger partial charge in [0.2, 0.25) is 10.0 Å². The van der Waals surface area contributed by atoms with Crippen LogP contribution in [-0.2, 0) is 10.0 Å². The van der Waals surface area contributed by atoms with E-state index in [2.05, 4.69) is 15.9 Å². The molecular weight excluding hydrogens is 309 g/mol. The van der Waals surface area contributed by atoms with Crippen LogP contribution < -0.4 is 0 Å². The van der Waals surface area contributed by atoms with Crippen molar-refractivity contribution < 1.29 is 12.8 Å². The van der Waals surface area contributed by atoms with Crippen LogP contribution in [-0.4, -0.2) is 25.8 Å². The first-order chi connectivity index (χ1) is 7.80. The Morgan fingerprint density at radius 1 is 1.47 bits per heavy atom. The highest BCUT2D eigenvalue weighted by Gasteiger charge is 2.25. The lowest BCUT2D eigenvalue weighted by Crippen LogP contribution is -2.34. The highest BCUT2D eigenvalue weighted by molar-refractivity contribution is 9.10. The molecule has 0 aliphatic rings. The monoisotopic (exact) mass is 323 g/mol. The van der Waals surface area contributed by atoms with E-state index in [4.69, 9.17) is 0 Å². The Kier molecular flexibility index (Phi) is 4.69. The summed E-state index contributed by atoms with van der Waals surface area (Å²) in [4.78, 5) is -0.0269. The smallest absolute Gasteiger partial charge is 0.207 e. The molecule has 0 amide bonds. The molecule has 0 saturated carbocycles. The van der Waals surface area contributed by atoms with Crippen molar-refractivity contribution in [2.75, 3.05) is 7.05 Å². The molecule has 0 saturated heterocycles. The minimum absolute atomic E-state index is 0.0269. The molecule has 0 bridgehead atoms. The molecule has 0 spiro atoms. The van der Waals surface area contributed by atoms with E-state index in [1.54, 1.807) is 0 Å². The van der Waals surface area contributed by atoms with Crippen molar-refractivity contribution in [2.24, 2.45) is 0 Å². The molecule has 1 aromatic carbocycles. The molecule has 1 rings (SSSR count). The Labute approximate surface area is 110 Å². The van der Waals surface area contributed by atoms with Crippen LogP contribution in [0.15, 0.2) is 27.6 Å². The van der Waals surface area contributed by atoms with Gasteiger partial charge >= 0.3 is 0 Å². The maximum Gasteiger partial charge on any atom is 0.243 e. The summed E-state index contributed by atoms with van der Waals surface area (Å²) < 4.78 is 39.1. The van der Waals surface area contributed by atoms with Crippen LogP contribution in [0.5, 0.6) is 0 Å². The van der Waals surface area contributed by atoms with Gasteiger partial charge in [-0.1, -0.05) is 6.92 Å². The fourth-order valence-corrected chi connectivity index (χ4v) is 2.99. The van der Waals surface area contributed by atoms with Crippen LogP contribution in [0.4, 0.5) is 4.39 Å². The van der Waals surface area contributed by atoms with Crippen molar-refractivity contribution in [3.8, 4) is 0 Å². The van der Waals surface area contributed by atoms with Gasteiger partial charge in [-0.3, -0.25) is 0 Å². The summed E-state index contributed by atoms with van der Waals surface area (Å²) in [6.07, 6.45) is 0.703. The van der Waals surface area contributed by atoms with Gasteiger partial charge in [0.1, 0.15) is 5.82 Å². The van der Waals surface area contributed by atoms with Crippen LogP contribution in [0.3, 0.4) is 0 Å². The Hall–Kier alpha value is -0.460. The molecular formula is C11H15BrFNO2S. The van der Waals surface area contributed by atoms with E-state index in [1.807, 2.05) is 13.8 Å². The lowest BCUT2D eigenvalue weighted by atomic mass is 10.3. The SMILES string of the molecule is CCC(C)N(C)S(=O)(=O)c1ccc(Br)c(F)c1. The predicted octanol–water partition coefficient (Wildman–Crippen LogP) is 3.01. The van der Waals surface area contributed by atoms with Gasteiger partial charge in [0.25, 0.3) is 0 Å². The van der Waals surface area contributed by atoms with Gasteiger partial charge in [0.15, 0.2) is 0 Å². The van der Waals surface area contributed by atoms with E-state index in [9.17, 15) is 12.8 Å². The van der Waals surface area contributed by atoms with Gasteiger partial charge in [0, 0.05) is 13.1 Å². The molecule has 0 N–H and O–H groups in total. The fourth-order valence-electron chi connectivity index (χ4n) is 1.30. The van der Waals surface area contributed by atoms with Gasteiger partial charge in [-0.05, 0) is 47.5 Å². The second kappa shape index (κ2) is 5.46. The van der Waals surface area contributed by atoms with Gasteiger partial charge in [-0.25, -0.2) is 12.8 Å². The van der Waals surface area contributed by atoms with Crippen molar-refractivity contribution in [1.82, 2.24) is 4.31 Å². The molecule has 1 aromatic rings. The predicted molar refractivity (Wildman–Crippen MR) is 68.8 cm³/mol. The third-order valence-corrected chi connectivity index (χ3v) is 5.39. The minimum Gasteiger partial charge on any atom is -0.207 e. The zero-order valence-corrected chi connectivity index (χ0v) is 12.3. The topological polar surface area (TPSA) is 37.4 Å². The third kappa shape index (κ3) is 3.05. The summed E-state index contributed by atoms with van der Waals surface area (Å²) in [5, 5.41) is 0. The first kappa shape index (κ1) is 14.6. The van der Waals surface area contributed by atoms with Crippen molar-refractivity contribution >= 4 is 26.0 Å². The first-order valence-electron chi connectivity index (χ1n) is 5.23. The number of hydrogen-bond donors (Lipinski definition) is 0. The third-order valence-electron chi connectivity index (χ3n) is 2.78. The van der Waals surface area contributed by atoms with Gasteiger partial charge in [-0.15, -0.1) is 0 Å². The summed E-state index contributed by atoms with van der Waals surface area (Å²) in [5.74, 6) is -0.580. The lowest BCUT2D eigenvalue weighted by Gasteiger charge is -2.23. The van der Waals surface area contributed by atoms with Crippen molar-refractivity contribution in [3.05, 3.63) is 28.5 Å². The normalized spacial score (nSPS) is 14.0. The van der Waals surface area contributed by atoms with E-state index < -0.39 is 15.8 Å². The molecule has 6 heteroatoms. The average molecular weight is 324 g/mol. The number of halogens is 2. The Bertz CT molecular complexity index is 504. The van der Waals surface area contributed by atoms with Crippen LogP contribution in [0.2, 0.25) is 0 Å². The van der Waals surface area contributed by atoms with Crippen molar-refractivity contribution in [2.45, 2.75) is 31.2 Å². The highest BCUT2D eigenvalue weighted by atomic mass is 79.9. The largest absolute Gasteiger partial charge is 0.243 e. The van der Waals surface area contributed by atoms with E-state index in [0.29, 0.717) is 6.42 Å². The van der Waals surface area contributed by atoms with Gasteiger partial charge in [0.05, 0.1) is 9.37 Å². The molecule has 0 aliphatic carbocycles. The zero-order valence-electron chi connectivity index (χ0n) is 9.94. The zero-order chi connectivity index (χ0) is 13.2. The maximum atomic E-state index is 13.3. The maximum absolute atomic E-state index is 13.3. The summed E-state index contributed by atoms with van der Waals surface area (Å²) in [6, 6.07) is 3.69. The molecule has 1 unspecified atom stereocenters. The van der Waals surface area contributed by atoms with Crippen LogP contribution >= 0.6 is 15.9 Å². The van der Waals surface area contributed by atoms with E-state index in [0.717, 1.165) is 6.07 Å². The van der Waals surface area contributed by atoms with Crippen LogP contribution in [0.1, 0.15) is 20.3 Å². The van der Waals surface area contributed by atoms with Gasteiger partial charge < -0.3 is 0 Å². The molecule has 0 aliphatic heterocycles. The number of nitrogens with zero attached hydrogens (tertiary/aromatic N) is 1. The second-order valence-corrected chi connectivity index (χ2v) is 6.71. The van der Waals surface area contributed by atoms with E-state index in [-0.39, 0.29) is 15.4 Å². The molecule has 17 heavy (non-hydrogen) atoms. The van der Waals surface area contributed by atoms with E-state index in [1.165, 1.54) is 23.5 Å². The first-order valence-corrected chi connectivity index (χ1v) is 7.47. The van der Waals surface area contributed by atoms with Crippen molar-refractivity contribution in [1.29, 1.82) is 0 Å². The second-order valence-electron chi connectivity index (χ2n) is 3.85. The van der Waals surface area contributed by atoms with Gasteiger partial charge in [-0.2, -0.15) is 4.31 Å². The molecule has 0 heterocycles. The molecule has 0 fully saturated rings. The summed E-state index contributed by atoms with van der Waals surface area (Å²) in [7, 11) is -2.11. The number of rotatable bonds is 4. The minimum atomic E-state index is -3.62. The summed E-state index contributed by atoms with van der Waals surface area (Å²) in [6.45, 7) is 3.71. The van der Waals surface area contributed by atoms with Crippen molar-refractivity contribution in [3.63, 3.8) is 0 Å². The Morgan fingerprint density at radius 3 is 2.53 bits per heavy atom. The molecule has 0 radical (unpaired) electrons. The molecule has 0 aromatic heterocycles. The fraction of sp³-hybridized carbons (Fsp3) is 0.455. The molecule has 1 atom stereocenters. The van der Waals surface area contributed by atoms with Crippen LogP contribution in [0, 0.1) is 5.82 Å². The lowest BCUT2D eigenvalue weighted by molar-refractivity contribution is 0.380. The highest BCUT2D eigenvalue weighted by Crippen LogP contribution is 2.22. The van der Waals surface area contributed by atoms with E-state index >= 15 is 0 Å². The molecule has 96 valence electrons. The number of hydrogen-bond acceptors (Lipinski definition) is 2. The Balaban J connectivity index is 3.17.